The molecule has 0 amide bonds. The number of benzene rings is 1. The SMILES string of the molecule is CC1(C)CCC(c2ccc(C3(N=C=O)CCC3)cc2)CC1. The fourth-order valence-corrected chi connectivity index (χ4v) is 3.86. The van der Waals surface area contributed by atoms with Gasteiger partial charge >= 0.3 is 0 Å². The predicted octanol–water partition coefficient (Wildman–Crippen LogP) is 5.09. The fraction of sp³-hybridized carbons (Fsp3) is 0.632. The second-order valence-corrected chi connectivity index (χ2v) is 7.65. The summed E-state index contributed by atoms with van der Waals surface area (Å²) in [4.78, 5) is 14.8. The Bertz CT molecular complexity index is 537. The summed E-state index contributed by atoms with van der Waals surface area (Å²) in [6.45, 7) is 4.76. The molecule has 0 atom stereocenters. The van der Waals surface area contributed by atoms with Crippen LogP contribution in [0.2, 0.25) is 0 Å². The van der Waals surface area contributed by atoms with E-state index in [1.54, 1.807) is 6.08 Å². The van der Waals surface area contributed by atoms with E-state index >= 15 is 0 Å². The molecule has 0 saturated heterocycles. The van der Waals surface area contributed by atoms with Crippen LogP contribution < -0.4 is 0 Å². The van der Waals surface area contributed by atoms with Crippen LogP contribution in [0.25, 0.3) is 0 Å². The van der Waals surface area contributed by atoms with Crippen LogP contribution in [-0.4, -0.2) is 6.08 Å². The quantitative estimate of drug-likeness (QED) is 0.561. The lowest BCUT2D eigenvalue weighted by atomic mass is 9.70. The second-order valence-electron chi connectivity index (χ2n) is 7.65. The first-order valence-electron chi connectivity index (χ1n) is 8.24. The Morgan fingerprint density at radius 1 is 1.05 bits per heavy atom. The average Bonchev–Trinajstić information content (AvgIpc) is 2.43. The number of isocyanates is 1. The first-order valence-corrected chi connectivity index (χ1v) is 8.24. The van der Waals surface area contributed by atoms with Crippen LogP contribution in [0.4, 0.5) is 0 Å². The molecule has 3 rings (SSSR count). The van der Waals surface area contributed by atoms with Gasteiger partial charge in [-0.1, -0.05) is 38.1 Å². The molecule has 0 heterocycles. The summed E-state index contributed by atoms with van der Waals surface area (Å²) < 4.78 is 0. The maximum Gasteiger partial charge on any atom is 0.235 e. The first kappa shape index (κ1) is 14.5. The second kappa shape index (κ2) is 5.42. The molecule has 2 aliphatic carbocycles. The molecule has 2 aliphatic rings. The minimum Gasteiger partial charge on any atom is -0.211 e. The monoisotopic (exact) mass is 283 g/mol. The number of aliphatic imine (C=N–C) groups is 1. The molecule has 1 aromatic rings. The molecule has 112 valence electrons. The van der Waals surface area contributed by atoms with Crippen molar-refractivity contribution in [2.24, 2.45) is 10.4 Å². The number of carbonyl (C=O) groups excluding carboxylic acids is 1. The highest BCUT2D eigenvalue weighted by Crippen LogP contribution is 2.46. The van der Waals surface area contributed by atoms with Crippen molar-refractivity contribution < 1.29 is 4.79 Å². The lowest BCUT2D eigenvalue weighted by Gasteiger charge is -2.38. The largest absolute Gasteiger partial charge is 0.235 e. The van der Waals surface area contributed by atoms with Gasteiger partial charge in [0.1, 0.15) is 0 Å². The van der Waals surface area contributed by atoms with Crippen LogP contribution in [0, 0.1) is 5.41 Å². The molecule has 0 radical (unpaired) electrons. The summed E-state index contributed by atoms with van der Waals surface area (Å²) in [6, 6.07) is 8.90. The van der Waals surface area contributed by atoms with Crippen molar-refractivity contribution in [3.63, 3.8) is 0 Å². The predicted molar refractivity (Wildman–Crippen MR) is 85.1 cm³/mol. The minimum atomic E-state index is -0.255. The topological polar surface area (TPSA) is 29.4 Å². The van der Waals surface area contributed by atoms with Gasteiger partial charge in [-0.3, -0.25) is 0 Å². The van der Waals surface area contributed by atoms with Gasteiger partial charge in [-0.25, -0.2) is 4.79 Å². The molecule has 0 bridgehead atoms. The van der Waals surface area contributed by atoms with E-state index in [-0.39, 0.29) is 5.54 Å². The van der Waals surface area contributed by atoms with E-state index in [2.05, 4.69) is 43.1 Å². The summed E-state index contributed by atoms with van der Waals surface area (Å²) in [5, 5.41) is 0. The molecule has 0 spiro atoms. The van der Waals surface area contributed by atoms with Crippen LogP contribution in [0.3, 0.4) is 0 Å². The fourth-order valence-electron chi connectivity index (χ4n) is 3.86. The van der Waals surface area contributed by atoms with Gasteiger partial charge in [-0.2, -0.15) is 4.99 Å². The van der Waals surface area contributed by atoms with Gasteiger partial charge in [0, 0.05) is 0 Å². The molecule has 0 aliphatic heterocycles. The van der Waals surface area contributed by atoms with E-state index in [9.17, 15) is 4.79 Å². The highest BCUT2D eigenvalue weighted by molar-refractivity contribution is 5.40. The van der Waals surface area contributed by atoms with Crippen molar-refractivity contribution in [1.29, 1.82) is 0 Å². The summed E-state index contributed by atoms with van der Waals surface area (Å²) in [7, 11) is 0. The van der Waals surface area contributed by atoms with Gasteiger partial charge < -0.3 is 0 Å². The van der Waals surface area contributed by atoms with E-state index < -0.39 is 0 Å². The highest BCUT2D eigenvalue weighted by atomic mass is 16.1. The van der Waals surface area contributed by atoms with Crippen LogP contribution in [0.5, 0.6) is 0 Å². The Labute approximate surface area is 127 Å². The molecule has 21 heavy (non-hydrogen) atoms. The number of hydrogen-bond donors (Lipinski definition) is 0. The lowest BCUT2D eigenvalue weighted by Crippen LogP contribution is -2.31. The third kappa shape index (κ3) is 2.82. The van der Waals surface area contributed by atoms with Gasteiger partial charge in [0.15, 0.2) is 0 Å². The number of rotatable bonds is 3. The van der Waals surface area contributed by atoms with Crippen molar-refractivity contribution in [3.8, 4) is 0 Å². The van der Waals surface area contributed by atoms with Crippen molar-refractivity contribution >= 4 is 6.08 Å². The van der Waals surface area contributed by atoms with Crippen molar-refractivity contribution in [3.05, 3.63) is 35.4 Å². The smallest absolute Gasteiger partial charge is 0.211 e. The molecule has 2 nitrogen and oxygen atoms in total. The molecule has 0 unspecified atom stereocenters. The summed E-state index contributed by atoms with van der Waals surface area (Å²) >= 11 is 0. The molecular formula is C19H25NO. The maximum absolute atomic E-state index is 10.7. The normalized spacial score (nSPS) is 23.9. The molecule has 0 N–H and O–H groups in total. The Balaban J connectivity index is 1.74. The third-order valence-electron chi connectivity index (χ3n) is 5.70. The Kier molecular flexibility index (Phi) is 3.75. The number of hydrogen-bond acceptors (Lipinski definition) is 2. The zero-order valence-corrected chi connectivity index (χ0v) is 13.2. The minimum absolute atomic E-state index is 0.255. The summed E-state index contributed by atoms with van der Waals surface area (Å²) in [6.07, 6.45) is 10.1. The molecular weight excluding hydrogens is 258 g/mol. The van der Waals surface area contributed by atoms with E-state index in [0.29, 0.717) is 11.3 Å². The zero-order chi connectivity index (χ0) is 14.9. The molecule has 0 aromatic heterocycles. The summed E-state index contributed by atoms with van der Waals surface area (Å²) in [5.41, 5.74) is 2.91. The van der Waals surface area contributed by atoms with Crippen molar-refractivity contribution in [2.45, 2.75) is 70.3 Å². The van der Waals surface area contributed by atoms with Gasteiger partial charge in [-0.05, 0) is 67.4 Å². The maximum atomic E-state index is 10.7. The summed E-state index contributed by atoms with van der Waals surface area (Å²) in [5.74, 6) is 0.707. The van der Waals surface area contributed by atoms with Gasteiger partial charge in [-0.15, -0.1) is 0 Å². The van der Waals surface area contributed by atoms with Gasteiger partial charge in [0.05, 0.1) is 5.54 Å². The van der Waals surface area contributed by atoms with E-state index in [0.717, 1.165) is 19.3 Å². The Morgan fingerprint density at radius 3 is 2.14 bits per heavy atom. The van der Waals surface area contributed by atoms with Crippen molar-refractivity contribution in [2.75, 3.05) is 0 Å². The highest BCUT2D eigenvalue weighted by Gasteiger charge is 2.38. The molecule has 2 fully saturated rings. The lowest BCUT2D eigenvalue weighted by molar-refractivity contribution is 0.224. The van der Waals surface area contributed by atoms with E-state index in [4.69, 9.17) is 0 Å². The van der Waals surface area contributed by atoms with E-state index in [1.165, 1.54) is 36.8 Å². The first-order chi connectivity index (χ1) is 10.0. The molecule has 2 heteroatoms. The molecule has 2 saturated carbocycles. The zero-order valence-electron chi connectivity index (χ0n) is 13.2. The van der Waals surface area contributed by atoms with Crippen molar-refractivity contribution in [1.82, 2.24) is 0 Å². The van der Waals surface area contributed by atoms with Crippen LogP contribution in [0.1, 0.15) is 75.8 Å². The van der Waals surface area contributed by atoms with Crippen LogP contribution >= 0.6 is 0 Å². The van der Waals surface area contributed by atoms with Gasteiger partial charge in [0.2, 0.25) is 6.08 Å². The number of nitrogens with zero attached hydrogens (tertiary/aromatic N) is 1. The molecule has 1 aromatic carbocycles. The van der Waals surface area contributed by atoms with Gasteiger partial charge in [0.25, 0.3) is 0 Å². The van der Waals surface area contributed by atoms with E-state index in [1.807, 2.05) is 0 Å². The standard InChI is InChI=1S/C19H25NO/c1-18(2)12-8-16(9-13-18)15-4-6-17(7-5-15)19(20-14-21)10-3-11-19/h4-7,16H,3,8-13H2,1-2H3. The van der Waals surface area contributed by atoms with Crippen LogP contribution in [-0.2, 0) is 10.3 Å². The van der Waals surface area contributed by atoms with Crippen LogP contribution in [0.15, 0.2) is 29.3 Å². The Hall–Kier alpha value is -1.40. The average molecular weight is 283 g/mol. The Morgan fingerprint density at radius 2 is 1.67 bits per heavy atom. The third-order valence-corrected chi connectivity index (χ3v) is 5.70.